The van der Waals surface area contributed by atoms with Gasteiger partial charge in [0, 0.05) is 12.8 Å². The van der Waals surface area contributed by atoms with Crippen molar-refractivity contribution in [2.24, 2.45) is 0 Å². The summed E-state index contributed by atoms with van der Waals surface area (Å²) in [7, 11) is 0. The number of aliphatic hydroxyl groups excluding tert-OH is 4. The Labute approximate surface area is 393 Å². The molecule has 6 unspecified atom stereocenters. The fourth-order valence-electron chi connectivity index (χ4n) is 8.90. The molecule has 0 aliphatic carbocycles. The normalized spacial score (nSPS) is 19.2. The fourth-order valence-corrected chi connectivity index (χ4v) is 8.90. The van der Waals surface area contributed by atoms with Crippen molar-refractivity contribution in [1.82, 2.24) is 0 Å². The first-order valence-corrected chi connectivity index (χ1v) is 27.6. The van der Waals surface area contributed by atoms with E-state index in [1.165, 1.54) is 212 Å². The maximum atomic E-state index is 12.9. The predicted molar refractivity (Wildman–Crippen MR) is 261 cm³/mol. The minimum atomic E-state index is -1.59. The molecule has 1 aliphatic rings. The Morgan fingerprint density at radius 2 is 0.734 bits per heavy atom. The molecule has 1 saturated heterocycles. The summed E-state index contributed by atoms with van der Waals surface area (Å²) in [5.74, 6) is -0.783. The Balaban J connectivity index is 2.20. The van der Waals surface area contributed by atoms with E-state index in [1.54, 1.807) is 0 Å². The second-order valence-electron chi connectivity index (χ2n) is 19.4. The van der Waals surface area contributed by atoms with Crippen LogP contribution in [0.2, 0.25) is 0 Å². The van der Waals surface area contributed by atoms with E-state index in [0.29, 0.717) is 6.42 Å². The average Bonchev–Trinajstić information content (AvgIpc) is 3.29. The molecule has 0 aromatic heterocycles. The van der Waals surface area contributed by atoms with Gasteiger partial charge in [0.1, 0.15) is 31.0 Å². The van der Waals surface area contributed by atoms with Crippen LogP contribution >= 0.6 is 0 Å². The molecule has 0 bridgehead atoms. The van der Waals surface area contributed by atoms with Crippen LogP contribution in [0.25, 0.3) is 0 Å². The Morgan fingerprint density at radius 1 is 0.422 bits per heavy atom. The van der Waals surface area contributed by atoms with Crippen LogP contribution < -0.4 is 0 Å². The third-order valence-corrected chi connectivity index (χ3v) is 13.2. The van der Waals surface area contributed by atoms with Gasteiger partial charge >= 0.3 is 11.9 Å². The molecular weight excluding hydrogens is 809 g/mol. The van der Waals surface area contributed by atoms with E-state index in [1.807, 2.05) is 0 Å². The summed E-state index contributed by atoms with van der Waals surface area (Å²) in [5.41, 5.74) is 0. The van der Waals surface area contributed by atoms with E-state index in [4.69, 9.17) is 18.9 Å². The lowest BCUT2D eigenvalue weighted by Crippen LogP contribution is -2.59. The molecule has 10 nitrogen and oxygen atoms in total. The maximum Gasteiger partial charge on any atom is 0.306 e. The van der Waals surface area contributed by atoms with E-state index in [0.717, 1.165) is 32.1 Å². The van der Waals surface area contributed by atoms with Crippen LogP contribution in [0.3, 0.4) is 0 Å². The highest BCUT2D eigenvalue weighted by Crippen LogP contribution is 2.23. The highest BCUT2D eigenvalue weighted by atomic mass is 16.7. The van der Waals surface area contributed by atoms with Gasteiger partial charge in [0.15, 0.2) is 12.4 Å². The Hall–Kier alpha value is -1.30. The topological polar surface area (TPSA) is 152 Å². The molecule has 1 rings (SSSR count). The van der Waals surface area contributed by atoms with E-state index < -0.39 is 49.4 Å². The van der Waals surface area contributed by atoms with Crippen molar-refractivity contribution in [2.75, 3.05) is 19.8 Å². The molecule has 6 atom stereocenters. The first kappa shape index (κ1) is 60.7. The molecule has 0 aromatic rings. The maximum absolute atomic E-state index is 12.9. The minimum Gasteiger partial charge on any atom is -0.462 e. The van der Waals surface area contributed by atoms with Gasteiger partial charge in [0.05, 0.1) is 13.2 Å². The molecule has 64 heavy (non-hydrogen) atoms. The molecule has 380 valence electrons. The summed E-state index contributed by atoms with van der Waals surface area (Å²) in [6, 6.07) is 0. The van der Waals surface area contributed by atoms with Crippen LogP contribution in [-0.4, -0.2) is 89.0 Å². The SMILES string of the molecule is CCCCCCCCCCCCCCCCCCCCCCCC(=O)OC(COC(=O)CCCCCCCCCCCCCCCCCCCC)COC1OC(CO)C(O)C(O)C1O. The number of carbonyl (C=O) groups excluding carboxylic acids is 2. The van der Waals surface area contributed by atoms with Crippen LogP contribution in [0.5, 0.6) is 0 Å². The van der Waals surface area contributed by atoms with Gasteiger partial charge in [-0.05, 0) is 12.8 Å². The van der Waals surface area contributed by atoms with Gasteiger partial charge in [-0.25, -0.2) is 0 Å². The van der Waals surface area contributed by atoms with E-state index in [9.17, 15) is 30.0 Å². The standard InChI is InChI=1S/C54H104O10/c1-3-5-7-9-11-13-15-17-19-21-23-24-25-27-29-31-33-35-37-39-41-43-50(57)63-47(46-62-54-53(60)52(59)51(58)48(44-55)64-54)45-61-49(56)42-40-38-36-34-32-30-28-26-22-20-18-16-14-12-10-8-6-4-2/h47-48,51-55,58-60H,3-46H2,1-2H3. The number of hydrogen-bond acceptors (Lipinski definition) is 10. The van der Waals surface area contributed by atoms with E-state index in [2.05, 4.69) is 13.8 Å². The number of esters is 2. The van der Waals surface area contributed by atoms with Crippen molar-refractivity contribution in [3.8, 4) is 0 Å². The molecule has 4 N–H and O–H groups in total. The first-order valence-electron chi connectivity index (χ1n) is 27.6. The minimum absolute atomic E-state index is 0.208. The molecule has 0 amide bonds. The van der Waals surface area contributed by atoms with Gasteiger partial charge in [0.25, 0.3) is 0 Å². The molecule has 0 radical (unpaired) electrons. The Bertz CT molecular complexity index is 1010. The molecule has 0 saturated carbocycles. The van der Waals surface area contributed by atoms with Crippen molar-refractivity contribution in [2.45, 2.75) is 314 Å². The molecular formula is C54H104O10. The molecule has 1 heterocycles. The average molecular weight is 913 g/mol. The zero-order valence-electron chi connectivity index (χ0n) is 41.8. The van der Waals surface area contributed by atoms with Crippen LogP contribution in [0.4, 0.5) is 0 Å². The number of aliphatic hydroxyl groups is 4. The van der Waals surface area contributed by atoms with E-state index >= 15 is 0 Å². The van der Waals surface area contributed by atoms with Crippen molar-refractivity contribution >= 4 is 11.9 Å². The summed E-state index contributed by atoms with van der Waals surface area (Å²) < 4.78 is 22.3. The van der Waals surface area contributed by atoms with Gasteiger partial charge < -0.3 is 39.4 Å². The number of unbranched alkanes of at least 4 members (excludes halogenated alkanes) is 37. The van der Waals surface area contributed by atoms with Crippen molar-refractivity contribution in [3.63, 3.8) is 0 Å². The predicted octanol–water partition coefficient (Wildman–Crippen LogP) is 13.3. The molecule has 0 spiro atoms. The van der Waals surface area contributed by atoms with Gasteiger partial charge in [0.2, 0.25) is 0 Å². The lowest BCUT2D eigenvalue weighted by atomic mass is 9.99. The quantitative estimate of drug-likeness (QED) is 0.0343. The van der Waals surface area contributed by atoms with Crippen molar-refractivity contribution < 1.29 is 49.0 Å². The Kier molecular flexibility index (Phi) is 43.1. The highest BCUT2D eigenvalue weighted by molar-refractivity contribution is 5.70. The van der Waals surface area contributed by atoms with Crippen LogP contribution in [0.1, 0.15) is 277 Å². The monoisotopic (exact) mass is 913 g/mol. The third-order valence-electron chi connectivity index (χ3n) is 13.2. The summed E-state index contributed by atoms with van der Waals surface area (Å²) in [6.07, 6.45) is 42.6. The second-order valence-corrected chi connectivity index (χ2v) is 19.4. The van der Waals surface area contributed by atoms with Crippen molar-refractivity contribution in [3.05, 3.63) is 0 Å². The largest absolute Gasteiger partial charge is 0.462 e. The number of hydrogen-bond donors (Lipinski definition) is 4. The number of carbonyl (C=O) groups is 2. The zero-order chi connectivity index (χ0) is 46.6. The smallest absolute Gasteiger partial charge is 0.306 e. The van der Waals surface area contributed by atoms with Crippen LogP contribution in [0, 0.1) is 0 Å². The zero-order valence-corrected chi connectivity index (χ0v) is 41.8. The summed E-state index contributed by atoms with van der Waals surface area (Å²) in [4.78, 5) is 25.5. The third kappa shape index (κ3) is 35.8. The lowest BCUT2D eigenvalue weighted by Gasteiger charge is -2.39. The number of ether oxygens (including phenoxy) is 4. The molecule has 1 aliphatic heterocycles. The fraction of sp³-hybridized carbons (Fsp3) is 0.963. The van der Waals surface area contributed by atoms with Gasteiger partial charge in [-0.15, -0.1) is 0 Å². The second kappa shape index (κ2) is 45.5. The molecule has 0 aromatic carbocycles. The van der Waals surface area contributed by atoms with Crippen molar-refractivity contribution in [1.29, 1.82) is 0 Å². The van der Waals surface area contributed by atoms with E-state index in [-0.39, 0.29) is 32.0 Å². The van der Waals surface area contributed by atoms with Crippen LogP contribution in [-0.2, 0) is 28.5 Å². The Morgan fingerprint density at radius 3 is 1.06 bits per heavy atom. The van der Waals surface area contributed by atoms with Crippen LogP contribution in [0.15, 0.2) is 0 Å². The summed E-state index contributed by atoms with van der Waals surface area (Å²) in [5, 5.41) is 40.3. The summed E-state index contributed by atoms with van der Waals surface area (Å²) >= 11 is 0. The lowest BCUT2D eigenvalue weighted by molar-refractivity contribution is -0.305. The highest BCUT2D eigenvalue weighted by Gasteiger charge is 2.44. The first-order chi connectivity index (χ1) is 31.3. The van der Waals surface area contributed by atoms with Gasteiger partial charge in [-0.1, -0.05) is 251 Å². The number of rotatable bonds is 48. The molecule has 10 heteroatoms. The van der Waals surface area contributed by atoms with Gasteiger partial charge in [-0.3, -0.25) is 9.59 Å². The molecule has 1 fully saturated rings. The van der Waals surface area contributed by atoms with Gasteiger partial charge in [-0.2, -0.15) is 0 Å². The summed E-state index contributed by atoms with van der Waals surface area (Å²) in [6.45, 7) is 3.49.